The van der Waals surface area contributed by atoms with Gasteiger partial charge in [0.15, 0.2) is 0 Å². The third-order valence-electron chi connectivity index (χ3n) is 3.78. The predicted octanol–water partition coefficient (Wildman–Crippen LogP) is 5.05. The summed E-state index contributed by atoms with van der Waals surface area (Å²) in [4.78, 5) is 17.3. The number of nitrogens with one attached hydrogen (secondary N) is 1. The number of rotatable bonds is 6. The first-order chi connectivity index (χ1) is 12.5. The van der Waals surface area contributed by atoms with E-state index in [1.807, 2.05) is 18.2 Å². The van der Waals surface area contributed by atoms with Crippen LogP contribution in [0.15, 0.2) is 53.4 Å². The van der Waals surface area contributed by atoms with E-state index < -0.39 is 12.6 Å². The van der Waals surface area contributed by atoms with Crippen LogP contribution in [0, 0.1) is 0 Å². The fraction of sp³-hybridized carbons (Fsp3) is 0.222. The molecule has 0 saturated heterocycles. The quantitative estimate of drug-likeness (QED) is 0.594. The number of hydrogen-bond acceptors (Lipinski definition) is 3. The molecule has 0 aliphatic heterocycles. The lowest BCUT2D eigenvalue weighted by molar-refractivity contribution is -0.119. The summed E-state index contributed by atoms with van der Waals surface area (Å²) in [5.74, 6) is -0.0317. The molecule has 4 nitrogen and oxygen atoms in total. The summed E-state index contributed by atoms with van der Waals surface area (Å²) in [6, 6.07) is 13.2. The van der Waals surface area contributed by atoms with Gasteiger partial charge in [-0.2, -0.15) is 8.78 Å². The van der Waals surface area contributed by atoms with E-state index in [0.717, 1.165) is 9.46 Å². The zero-order chi connectivity index (χ0) is 18.7. The second kappa shape index (κ2) is 8.05. The number of benzene rings is 2. The molecule has 3 rings (SSSR count). The molecule has 2 aromatic carbocycles. The van der Waals surface area contributed by atoms with Crippen molar-refractivity contribution in [1.29, 1.82) is 0 Å². The number of imidazole rings is 1. The molecular weight excluding hydrogens is 380 g/mol. The Morgan fingerprint density at radius 3 is 2.65 bits per heavy atom. The Balaban J connectivity index is 1.72. The van der Waals surface area contributed by atoms with E-state index in [1.54, 1.807) is 37.3 Å². The van der Waals surface area contributed by atoms with Crippen molar-refractivity contribution in [3.8, 4) is 0 Å². The molecule has 1 amide bonds. The maximum Gasteiger partial charge on any atom is 0.320 e. The minimum Gasteiger partial charge on any atom is -0.346 e. The number of para-hydroxylation sites is 2. The second-order valence-electron chi connectivity index (χ2n) is 5.61. The minimum absolute atomic E-state index is 0.122. The Morgan fingerprint density at radius 2 is 1.92 bits per heavy atom. The van der Waals surface area contributed by atoms with Crippen molar-refractivity contribution in [2.75, 3.05) is 5.75 Å². The van der Waals surface area contributed by atoms with Crippen molar-refractivity contribution < 1.29 is 13.6 Å². The molecule has 0 aliphatic carbocycles. The maximum absolute atomic E-state index is 13.5. The number of fused-ring (bicyclic) bond motifs is 1. The van der Waals surface area contributed by atoms with E-state index in [-0.39, 0.29) is 17.5 Å². The van der Waals surface area contributed by atoms with Crippen LogP contribution in [0.3, 0.4) is 0 Å². The fourth-order valence-electron chi connectivity index (χ4n) is 2.63. The molecular formula is C18H16ClF2N3OS. The fourth-order valence-corrected chi connectivity index (χ4v) is 3.68. The number of amides is 1. The summed E-state index contributed by atoms with van der Waals surface area (Å²) in [6.45, 7) is -1.10. The van der Waals surface area contributed by atoms with E-state index in [4.69, 9.17) is 11.6 Å². The molecule has 1 unspecified atom stereocenters. The van der Waals surface area contributed by atoms with E-state index in [0.29, 0.717) is 16.1 Å². The molecule has 26 heavy (non-hydrogen) atoms. The molecule has 8 heteroatoms. The van der Waals surface area contributed by atoms with Crippen LogP contribution in [0.25, 0.3) is 11.0 Å². The number of thioether (sulfide) groups is 1. The van der Waals surface area contributed by atoms with Crippen LogP contribution in [0.2, 0.25) is 5.02 Å². The molecule has 0 saturated carbocycles. The zero-order valence-corrected chi connectivity index (χ0v) is 15.4. The Bertz CT molecular complexity index is 932. The van der Waals surface area contributed by atoms with Crippen molar-refractivity contribution >= 4 is 40.3 Å². The van der Waals surface area contributed by atoms with Gasteiger partial charge in [0.2, 0.25) is 5.91 Å². The predicted molar refractivity (Wildman–Crippen MR) is 99.7 cm³/mol. The van der Waals surface area contributed by atoms with Gasteiger partial charge in [0.05, 0.1) is 27.9 Å². The van der Waals surface area contributed by atoms with Crippen LogP contribution >= 0.6 is 23.4 Å². The molecule has 3 aromatic rings. The van der Waals surface area contributed by atoms with Gasteiger partial charge in [-0.25, -0.2) is 4.98 Å². The molecule has 1 N–H and O–H groups in total. The molecule has 1 aromatic heterocycles. The van der Waals surface area contributed by atoms with Gasteiger partial charge >= 0.3 is 6.55 Å². The summed E-state index contributed by atoms with van der Waals surface area (Å²) in [5, 5.41) is 3.29. The Hall–Kier alpha value is -2.12. The number of hydrogen-bond donors (Lipinski definition) is 1. The first-order valence-electron chi connectivity index (χ1n) is 7.89. The van der Waals surface area contributed by atoms with Crippen molar-refractivity contribution in [2.45, 2.75) is 24.4 Å². The Labute approximate surface area is 158 Å². The third kappa shape index (κ3) is 3.99. The average Bonchev–Trinajstić information content (AvgIpc) is 3.01. The average molecular weight is 396 g/mol. The Kier molecular flexibility index (Phi) is 5.78. The molecule has 0 bridgehead atoms. The van der Waals surface area contributed by atoms with Crippen LogP contribution < -0.4 is 5.32 Å². The molecule has 0 aliphatic rings. The van der Waals surface area contributed by atoms with Gasteiger partial charge < -0.3 is 5.32 Å². The lowest BCUT2D eigenvalue weighted by Crippen LogP contribution is -2.30. The SMILES string of the molecule is CC(NC(=O)CSc1ccccc1Cl)c1nc2ccccc2n1C(F)F. The monoisotopic (exact) mass is 395 g/mol. The highest BCUT2D eigenvalue weighted by molar-refractivity contribution is 8.00. The van der Waals surface area contributed by atoms with E-state index in [2.05, 4.69) is 10.3 Å². The van der Waals surface area contributed by atoms with Crippen molar-refractivity contribution in [3.05, 3.63) is 59.4 Å². The van der Waals surface area contributed by atoms with Gasteiger partial charge in [0.1, 0.15) is 5.82 Å². The second-order valence-corrected chi connectivity index (χ2v) is 7.04. The number of carbonyl (C=O) groups is 1. The number of nitrogens with zero attached hydrogens (tertiary/aromatic N) is 2. The van der Waals surface area contributed by atoms with Crippen LogP contribution in [-0.4, -0.2) is 21.2 Å². The summed E-state index contributed by atoms with van der Waals surface area (Å²) >= 11 is 7.35. The van der Waals surface area contributed by atoms with E-state index in [1.165, 1.54) is 11.8 Å². The first kappa shape index (κ1) is 18.7. The lowest BCUT2D eigenvalue weighted by atomic mass is 10.3. The largest absolute Gasteiger partial charge is 0.346 e. The molecule has 1 atom stereocenters. The van der Waals surface area contributed by atoms with Gasteiger partial charge in [0.25, 0.3) is 0 Å². The van der Waals surface area contributed by atoms with Crippen molar-refractivity contribution in [2.24, 2.45) is 0 Å². The smallest absolute Gasteiger partial charge is 0.320 e. The number of halogens is 3. The Morgan fingerprint density at radius 1 is 1.23 bits per heavy atom. The highest BCUT2D eigenvalue weighted by Crippen LogP contribution is 2.28. The first-order valence-corrected chi connectivity index (χ1v) is 9.25. The maximum atomic E-state index is 13.5. The van der Waals surface area contributed by atoms with Gasteiger partial charge in [-0.3, -0.25) is 9.36 Å². The van der Waals surface area contributed by atoms with Crippen LogP contribution in [0.1, 0.15) is 25.3 Å². The van der Waals surface area contributed by atoms with Gasteiger partial charge in [-0.15, -0.1) is 11.8 Å². The standard InChI is InChI=1S/C18H16ClF2N3OS/c1-11(22-16(25)10-26-15-9-5-2-6-12(15)19)17-23-13-7-3-4-8-14(13)24(17)18(20)21/h2-9,11,18H,10H2,1H3,(H,22,25). The highest BCUT2D eigenvalue weighted by Gasteiger charge is 2.22. The van der Waals surface area contributed by atoms with E-state index >= 15 is 0 Å². The van der Waals surface area contributed by atoms with Gasteiger partial charge in [-0.05, 0) is 31.2 Å². The van der Waals surface area contributed by atoms with E-state index in [9.17, 15) is 13.6 Å². The summed E-state index contributed by atoms with van der Waals surface area (Å²) in [6.07, 6.45) is 0. The molecule has 1 heterocycles. The minimum atomic E-state index is -2.74. The van der Waals surface area contributed by atoms with Crippen LogP contribution in [-0.2, 0) is 4.79 Å². The summed E-state index contributed by atoms with van der Waals surface area (Å²) < 4.78 is 27.8. The van der Waals surface area contributed by atoms with Crippen LogP contribution in [0.4, 0.5) is 8.78 Å². The normalized spacial score (nSPS) is 12.5. The third-order valence-corrected chi connectivity index (χ3v) is 5.29. The molecule has 0 spiro atoms. The summed E-state index contributed by atoms with van der Waals surface area (Å²) in [7, 11) is 0. The molecule has 0 radical (unpaired) electrons. The van der Waals surface area contributed by atoms with Crippen molar-refractivity contribution in [3.63, 3.8) is 0 Å². The number of alkyl halides is 2. The van der Waals surface area contributed by atoms with Crippen LogP contribution in [0.5, 0.6) is 0 Å². The number of aromatic nitrogens is 2. The van der Waals surface area contributed by atoms with Gasteiger partial charge in [0, 0.05) is 4.90 Å². The zero-order valence-electron chi connectivity index (χ0n) is 13.8. The topological polar surface area (TPSA) is 46.9 Å². The van der Waals surface area contributed by atoms with Crippen molar-refractivity contribution in [1.82, 2.24) is 14.9 Å². The summed E-state index contributed by atoms with van der Waals surface area (Å²) in [5.41, 5.74) is 0.804. The lowest BCUT2D eigenvalue weighted by Gasteiger charge is -2.16. The number of carbonyl (C=O) groups excluding carboxylic acids is 1. The highest BCUT2D eigenvalue weighted by atomic mass is 35.5. The van der Waals surface area contributed by atoms with Gasteiger partial charge in [-0.1, -0.05) is 35.9 Å². The molecule has 136 valence electrons. The molecule has 0 fully saturated rings.